The lowest BCUT2D eigenvalue weighted by molar-refractivity contribution is -0.118. The van der Waals surface area contributed by atoms with Crippen LogP contribution >= 0.6 is 11.3 Å². The minimum absolute atomic E-state index is 0.0105. The number of pyridine rings is 1. The lowest BCUT2D eigenvalue weighted by Crippen LogP contribution is -2.32. The molecule has 1 amide bonds. The standard InChI is InChI=1S/C26H27N3O2S/c1-17(2)20-11-9-19(10-12-20)15-23(30)29(16-21-7-5-6-14-27-21)26-28-24-22(31-4)13-8-18(3)25(24)32-26/h5-14,17H,15-16H2,1-4H3. The number of aryl methyl sites for hydroxylation is 1. The van der Waals surface area contributed by atoms with Crippen molar-refractivity contribution in [1.82, 2.24) is 9.97 Å². The van der Waals surface area contributed by atoms with E-state index in [0.717, 1.165) is 27.0 Å². The van der Waals surface area contributed by atoms with Crippen molar-refractivity contribution in [2.75, 3.05) is 12.0 Å². The summed E-state index contributed by atoms with van der Waals surface area (Å²) in [4.78, 5) is 24.5. The lowest BCUT2D eigenvalue weighted by atomic mass is 10.0. The highest BCUT2D eigenvalue weighted by atomic mass is 32.1. The van der Waals surface area contributed by atoms with Crippen LogP contribution in [0.2, 0.25) is 0 Å². The summed E-state index contributed by atoms with van der Waals surface area (Å²) in [6.07, 6.45) is 2.05. The van der Waals surface area contributed by atoms with Gasteiger partial charge in [-0.15, -0.1) is 0 Å². The quantitative estimate of drug-likeness (QED) is 0.355. The molecular formula is C26H27N3O2S. The number of aromatic nitrogens is 2. The van der Waals surface area contributed by atoms with Gasteiger partial charge in [0.05, 0.1) is 30.5 Å². The van der Waals surface area contributed by atoms with E-state index >= 15 is 0 Å². The molecule has 0 N–H and O–H groups in total. The van der Waals surface area contributed by atoms with E-state index in [1.807, 2.05) is 49.4 Å². The third-order valence-electron chi connectivity index (χ3n) is 5.49. The van der Waals surface area contributed by atoms with Gasteiger partial charge in [-0.2, -0.15) is 0 Å². The number of thiazole rings is 1. The fraction of sp³-hybridized carbons (Fsp3) is 0.269. The molecule has 0 saturated carbocycles. The summed E-state index contributed by atoms with van der Waals surface area (Å²) in [5.74, 6) is 1.16. The van der Waals surface area contributed by atoms with Crippen LogP contribution in [0.25, 0.3) is 10.2 Å². The Bertz CT molecular complexity index is 1220. The maximum absolute atomic E-state index is 13.5. The Morgan fingerprint density at radius 1 is 1.09 bits per heavy atom. The zero-order valence-electron chi connectivity index (χ0n) is 18.8. The second-order valence-corrected chi connectivity index (χ2v) is 9.11. The summed E-state index contributed by atoms with van der Waals surface area (Å²) in [6.45, 7) is 6.74. The number of amides is 1. The van der Waals surface area contributed by atoms with Gasteiger partial charge in [-0.05, 0) is 47.7 Å². The van der Waals surface area contributed by atoms with Gasteiger partial charge in [-0.25, -0.2) is 4.98 Å². The van der Waals surface area contributed by atoms with Gasteiger partial charge in [0.2, 0.25) is 5.91 Å². The molecule has 0 radical (unpaired) electrons. The van der Waals surface area contributed by atoms with Crippen molar-refractivity contribution in [3.05, 3.63) is 83.2 Å². The van der Waals surface area contributed by atoms with Crippen molar-refractivity contribution < 1.29 is 9.53 Å². The summed E-state index contributed by atoms with van der Waals surface area (Å²) in [5, 5.41) is 0.655. The van der Waals surface area contributed by atoms with Gasteiger partial charge >= 0.3 is 0 Å². The first-order valence-corrected chi connectivity index (χ1v) is 11.5. The largest absolute Gasteiger partial charge is 0.494 e. The molecule has 5 nitrogen and oxygen atoms in total. The molecule has 0 aliphatic carbocycles. The molecule has 0 fully saturated rings. The maximum atomic E-state index is 13.5. The molecule has 6 heteroatoms. The van der Waals surface area contributed by atoms with Crippen LogP contribution < -0.4 is 9.64 Å². The number of hydrogen-bond acceptors (Lipinski definition) is 5. The van der Waals surface area contributed by atoms with E-state index in [2.05, 4.69) is 31.0 Å². The van der Waals surface area contributed by atoms with Crippen molar-refractivity contribution >= 4 is 32.6 Å². The number of benzene rings is 2. The minimum atomic E-state index is -0.0105. The first-order chi connectivity index (χ1) is 15.5. The summed E-state index contributed by atoms with van der Waals surface area (Å²) in [7, 11) is 1.64. The number of ether oxygens (including phenoxy) is 1. The highest BCUT2D eigenvalue weighted by Gasteiger charge is 2.22. The highest BCUT2D eigenvalue weighted by molar-refractivity contribution is 7.22. The van der Waals surface area contributed by atoms with E-state index in [0.29, 0.717) is 29.8 Å². The van der Waals surface area contributed by atoms with Crippen molar-refractivity contribution in [2.45, 2.75) is 39.7 Å². The molecule has 2 heterocycles. The molecule has 0 spiro atoms. The number of methoxy groups -OCH3 is 1. The van der Waals surface area contributed by atoms with Crippen LogP contribution in [0.1, 0.15) is 42.1 Å². The monoisotopic (exact) mass is 445 g/mol. The predicted molar refractivity (Wildman–Crippen MR) is 131 cm³/mol. The van der Waals surface area contributed by atoms with Crippen molar-refractivity contribution in [1.29, 1.82) is 0 Å². The van der Waals surface area contributed by atoms with E-state index in [4.69, 9.17) is 9.72 Å². The second kappa shape index (κ2) is 9.49. The average molecular weight is 446 g/mol. The number of rotatable bonds is 7. The highest BCUT2D eigenvalue weighted by Crippen LogP contribution is 2.37. The number of carbonyl (C=O) groups is 1. The van der Waals surface area contributed by atoms with Crippen LogP contribution in [0.15, 0.2) is 60.8 Å². The molecule has 164 valence electrons. The van der Waals surface area contributed by atoms with Gasteiger partial charge in [0.15, 0.2) is 5.13 Å². The summed E-state index contributed by atoms with van der Waals surface area (Å²) in [6, 6.07) is 17.9. The zero-order chi connectivity index (χ0) is 22.7. The molecule has 0 unspecified atom stereocenters. The van der Waals surface area contributed by atoms with Gasteiger partial charge in [-0.1, -0.05) is 61.6 Å². The Morgan fingerprint density at radius 3 is 2.53 bits per heavy atom. The van der Waals surface area contributed by atoms with Crippen LogP contribution in [0.3, 0.4) is 0 Å². The van der Waals surface area contributed by atoms with Gasteiger partial charge in [0.25, 0.3) is 0 Å². The Balaban J connectivity index is 1.69. The minimum Gasteiger partial charge on any atom is -0.494 e. The van der Waals surface area contributed by atoms with Crippen molar-refractivity contribution in [3.63, 3.8) is 0 Å². The van der Waals surface area contributed by atoms with E-state index < -0.39 is 0 Å². The Labute approximate surface area is 192 Å². The van der Waals surface area contributed by atoms with Gasteiger partial charge in [0.1, 0.15) is 11.3 Å². The summed E-state index contributed by atoms with van der Waals surface area (Å²) in [5.41, 5.74) is 4.96. The predicted octanol–water partition coefficient (Wildman–Crippen LogP) is 5.91. The third kappa shape index (κ3) is 4.65. The SMILES string of the molecule is COc1ccc(C)c2sc(N(Cc3ccccn3)C(=O)Cc3ccc(C(C)C)cc3)nc12. The molecule has 0 aliphatic heterocycles. The first-order valence-electron chi connectivity index (χ1n) is 10.7. The molecule has 0 aliphatic rings. The van der Waals surface area contributed by atoms with Gasteiger partial charge < -0.3 is 4.74 Å². The molecule has 0 atom stereocenters. The van der Waals surface area contributed by atoms with Gasteiger partial charge in [0, 0.05) is 6.20 Å². The topological polar surface area (TPSA) is 55.3 Å². The maximum Gasteiger partial charge on any atom is 0.233 e. The van der Waals surface area contributed by atoms with E-state index in [-0.39, 0.29) is 5.91 Å². The molecule has 2 aromatic carbocycles. The van der Waals surface area contributed by atoms with Crippen molar-refractivity contribution in [2.24, 2.45) is 0 Å². The number of nitrogens with zero attached hydrogens (tertiary/aromatic N) is 3. The van der Waals surface area contributed by atoms with E-state index in [9.17, 15) is 4.79 Å². The smallest absolute Gasteiger partial charge is 0.233 e. The molecule has 32 heavy (non-hydrogen) atoms. The van der Waals surface area contributed by atoms with Crippen LogP contribution in [-0.4, -0.2) is 23.0 Å². The Morgan fingerprint density at radius 2 is 1.88 bits per heavy atom. The van der Waals surface area contributed by atoms with Crippen molar-refractivity contribution in [3.8, 4) is 5.75 Å². The number of carbonyl (C=O) groups excluding carboxylic acids is 1. The Hall–Kier alpha value is -3.25. The zero-order valence-corrected chi connectivity index (χ0v) is 19.6. The fourth-order valence-electron chi connectivity index (χ4n) is 3.59. The van der Waals surface area contributed by atoms with E-state index in [1.165, 1.54) is 16.9 Å². The molecule has 4 aromatic rings. The fourth-order valence-corrected chi connectivity index (χ4v) is 4.65. The summed E-state index contributed by atoms with van der Waals surface area (Å²) >= 11 is 1.51. The Kier molecular flexibility index (Phi) is 6.51. The average Bonchev–Trinajstić information content (AvgIpc) is 3.25. The van der Waals surface area contributed by atoms with Crippen LogP contribution in [0.5, 0.6) is 5.75 Å². The normalized spacial score (nSPS) is 11.2. The molecular weight excluding hydrogens is 418 g/mol. The first kappa shape index (κ1) is 22.0. The van der Waals surface area contributed by atoms with Crippen LogP contribution in [0.4, 0.5) is 5.13 Å². The number of hydrogen-bond donors (Lipinski definition) is 0. The molecule has 2 aromatic heterocycles. The third-order valence-corrected chi connectivity index (χ3v) is 6.71. The molecule has 0 bridgehead atoms. The number of anilines is 1. The number of fused-ring (bicyclic) bond motifs is 1. The molecule has 0 saturated heterocycles. The summed E-state index contributed by atoms with van der Waals surface area (Å²) < 4.78 is 6.54. The second-order valence-electron chi connectivity index (χ2n) is 8.13. The van der Waals surface area contributed by atoms with Gasteiger partial charge in [-0.3, -0.25) is 14.7 Å². The van der Waals surface area contributed by atoms with Crippen LogP contribution in [-0.2, 0) is 17.8 Å². The van der Waals surface area contributed by atoms with Crippen LogP contribution in [0, 0.1) is 6.92 Å². The van der Waals surface area contributed by atoms with E-state index in [1.54, 1.807) is 18.2 Å². The molecule has 4 rings (SSSR count). The lowest BCUT2D eigenvalue weighted by Gasteiger charge is -2.20.